The maximum absolute atomic E-state index is 6.24. The molecule has 0 aliphatic carbocycles. The first-order valence-electron chi connectivity index (χ1n) is 9.13. The van der Waals surface area contributed by atoms with E-state index in [9.17, 15) is 0 Å². The van der Waals surface area contributed by atoms with Crippen LogP contribution in [0.1, 0.15) is 44.6 Å². The number of hydrogen-bond acceptors (Lipinski definition) is 4. The smallest absolute Gasteiger partial charge is 0.163 e. The second-order valence-electron chi connectivity index (χ2n) is 6.40. The van der Waals surface area contributed by atoms with Gasteiger partial charge in [-0.15, -0.1) is 0 Å². The first-order chi connectivity index (χ1) is 12.4. The Hall–Kier alpha value is -2.27. The maximum atomic E-state index is 6.24. The van der Waals surface area contributed by atoms with Crippen molar-refractivity contribution in [3.63, 3.8) is 0 Å². The summed E-state index contributed by atoms with van der Waals surface area (Å²) in [6.45, 7) is 3.65. The van der Waals surface area contributed by atoms with Gasteiger partial charge in [0, 0.05) is 0 Å². The Bertz CT molecular complexity index is 756. The van der Waals surface area contributed by atoms with Gasteiger partial charge in [0.15, 0.2) is 5.65 Å². The van der Waals surface area contributed by atoms with E-state index in [4.69, 9.17) is 4.74 Å². The highest BCUT2D eigenvalue weighted by Gasteiger charge is 2.13. The summed E-state index contributed by atoms with van der Waals surface area (Å²) in [6, 6.07) is 10.3. The zero-order chi connectivity index (χ0) is 17.3. The van der Waals surface area contributed by atoms with Gasteiger partial charge >= 0.3 is 0 Å². The Balaban J connectivity index is 1.64. The topological polar surface area (TPSA) is 52.8 Å². The second-order valence-corrected chi connectivity index (χ2v) is 6.40. The number of rotatable bonds is 10. The van der Waals surface area contributed by atoms with Crippen molar-refractivity contribution < 1.29 is 4.74 Å². The molecule has 0 fully saturated rings. The number of imidazole rings is 1. The number of unbranched alkanes of at least 4 members (excludes halogenated alkanes) is 3. The maximum Gasteiger partial charge on any atom is 0.163 e. The van der Waals surface area contributed by atoms with Crippen LogP contribution >= 0.6 is 0 Å². The second kappa shape index (κ2) is 9.28. The predicted molar refractivity (Wildman–Crippen MR) is 99.1 cm³/mol. The van der Waals surface area contributed by atoms with Gasteiger partial charge in [0.25, 0.3) is 0 Å². The lowest BCUT2D eigenvalue weighted by Gasteiger charge is -2.19. The van der Waals surface area contributed by atoms with Crippen molar-refractivity contribution >= 4 is 11.2 Å². The molecule has 3 aromatic rings. The summed E-state index contributed by atoms with van der Waals surface area (Å²) in [5.74, 6) is 0. The van der Waals surface area contributed by atoms with Gasteiger partial charge in [-0.05, 0) is 12.0 Å². The van der Waals surface area contributed by atoms with Crippen LogP contribution in [0.2, 0.25) is 0 Å². The van der Waals surface area contributed by atoms with Gasteiger partial charge in [-0.1, -0.05) is 62.9 Å². The molecular formula is C20H26N4O. The summed E-state index contributed by atoms with van der Waals surface area (Å²) >= 11 is 0. The fraction of sp³-hybridized carbons (Fsp3) is 0.450. The highest BCUT2D eigenvalue weighted by Crippen LogP contribution is 2.15. The van der Waals surface area contributed by atoms with E-state index in [2.05, 4.69) is 50.7 Å². The average Bonchev–Trinajstić information content (AvgIpc) is 3.07. The summed E-state index contributed by atoms with van der Waals surface area (Å²) < 4.78 is 8.31. The molecule has 0 bridgehead atoms. The molecular weight excluding hydrogens is 312 g/mol. The molecule has 0 aliphatic rings. The first kappa shape index (κ1) is 17.5. The Kier molecular flexibility index (Phi) is 6.51. The van der Waals surface area contributed by atoms with Crippen LogP contribution in [-0.4, -0.2) is 25.6 Å². The van der Waals surface area contributed by atoms with Crippen molar-refractivity contribution in [1.82, 2.24) is 19.5 Å². The molecule has 25 heavy (non-hydrogen) atoms. The Labute approximate surface area is 149 Å². The number of hydrogen-bond donors (Lipinski definition) is 0. The van der Waals surface area contributed by atoms with E-state index in [1.807, 2.05) is 12.4 Å². The lowest BCUT2D eigenvalue weighted by atomic mass is 10.1. The molecule has 132 valence electrons. The molecule has 0 saturated heterocycles. The van der Waals surface area contributed by atoms with Crippen LogP contribution in [0.3, 0.4) is 0 Å². The number of fused-ring (bicyclic) bond motifs is 1. The number of benzene rings is 1. The van der Waals surface area contributed by atoms with Gasteiger partial charge < -0.3 is 9.30 Å². The zero-order valence-electron chi connectivity index (χ0n) is 14.8. The van der Waals surface area contributed by atoms with Gasteiger partial charge in [-0.3, -0.25) is 0 Å². The third-order valence-electron chi connectivity index (χ3n) is 4.39. The molecule has 2 aromatic heterocycles. The van der Waals surface area contributed by atoms with Crippen molar-refractivity contribution in [1.29, 1.82) is 0 Å². The minimum absolute atomic E-state index is 0.157. The van der Waals surface area contributed by atoms with Crippen molar-refractivity contribution in [3.8, 4) is 0 Å². The Morgan fingerprint density at radius 3 is 2.80 bits per heavy atom. The van der Waals surface area contributed by atoms with Gasteiger partial charge in [0.05, 0.1) is 31.8 Å². The average molecular weight is 338 g/mol. The van der Waals surface area contributed by atoms with Crippen molar-refractivity contribution in [2.75, 3.05) is 0 Å². The molecule has 2 heterocycles. The van der Waals surface area contributed by atoms with Crippen molar-refractivity contribution in [2.45, 2.75) is 58.3 Å². The summed E-state index contributed by atoms with van der Waals surface area (Å²) in [6.07, 6.45) is 11.3. The van der Waals surface area contributed by atoms with Crippen molar-refractivity contribution in [3.05, 3.63) is 54.7 Å². The molecule has 5 heteroatoms. The van der Waals surface area contributed by atoms with Gasteiger partial charge in [0.1, 0.15) is 11.8 Å². The zero-order valence-corrected chi connectivity index (χ0v) is 14.8. The van der Waals surface area contributed by atoms with Gasteiger partial charge in [-0.2, -0.15) is 0 Å². The molecule has 0 radical (unpaired) electrons. The molecule has 0 saturated carbocycles. The fourth-order valence-corrected chi connectivity index (χ4v) is 2.98. The van der Waals surface area contributed by atoms with Crippen LogP contribution < -0.4 is 0 Å². The lowest BCUT2D eigenvalue weighted by Crippen LogP contribution is -2.20. The van der Waals surface area contributed by atoms with Crippen LogP contribution in [0, 0.1) is 0 Å². The monoisotopic (exact) mass is 338 g/mol. The van der Waals surface area contributed by atoms with Crippen LogP contribution in [0.25, 0.3) is 11.2 Å². The summed E-state index contributed by atoms with van der Waals surface area (Å²) in [5.41, 5.74) is 2.91. The quantitative estimate of drug-likeness (QED) is 0.515. The molecule has 0 spiro atoms. The third kappa shape index (κ3) is 5.10. The van der Waals surface area contributed by atoms with Crippen LogP contribution in [0.5, 0.6) is 0 Å². The number of nitrogens with zero attached hydrogens (tertiary/aromatic N) is 4. The molecule has 1 unspecified atom stereocenters. The van der Waals surface area contributed by atoms with E-state index in [0.29, 0.717) is 6.61 Å². The van der Waals surface area contributed by atoms with Crippen LogP contribution in [-0.2, 0) is 17.9 Å². The fourth-order valence-electron chi connectivity index (χ4n) is 2.98. The molecule has 1 aromatic carbocycles. The largest absolute Gasteiger partial charge is 0.372 e. The predicted octanol–water partition coefficient (Wildman–Crippen LogP) is 4.38. The van der Waals surface area contributed by atoms with Crippen molar-refractivity contribution in [2.24, 2.45) is 0 Å². The normalized spacial score (nSPS) is 12.5. The van der Waals surface area contributed by atoms with Crippen LogP contribution in [0.15, 0.2) is 49.2 Å². The molecule has 1 atom stereocenters. The number of ether oxygens (including phenoxy) is 1. The highest BCUT2D eigenvalue weighted by atomic mass is 16.5. The first-order valence-corrected chi connectivity index (χ1v) is 9.13. The third-order valence-corrected chi connectivity index (χ3v) is 4.39. The van der Waals surface area contributed by atoms with E-state index in [0.717, 1.165) is 24.1 Å². The van der Waals surface area contributed by atoms with Crippen LogP contribution in [0.4, 0.5) is 0 Å². The minimum Gasteiger partial charge on any atom is -0.372 e. The minimum atomic E-state index is 0.157. The van der Waals surface area contributed by atoms with E-state index in [1.54, 1.807) is 12.5 Å². The summed E-state index contributed by atoms with van der Waals surface area (Å²) in [7, 11) is 0. The summed E-state index contributed by atoms with van der Waals surface area (Å²) in [4.78, 5) is 12.8. The standard InChI is InChI=1S/C20H26N4O/c1-2-3-4-8-11-18(25-14-17-9-6-5-7-10-17)13-24-16-23-19-12-21-15-22-20(19)24/h5-7,9-10,12,15-16,18H,2-4,8,11,13-14H2,1H3. The molecule has 0 amide bonds. The molecule has 0 N–H and O–H groups in total. The summed E-state index contributed by atoms with van der Waals surface area (Å²) in [5, 5.41) is 0. The van der Waals surface area contributed by atoms with Gasteiger partial charge in [-0.25, -0.2) is 15.0 Å². The van der Waals surface area contributed by atoms with E-state index < -0.39 is 0 Å². The molecule has 5 nitrogen and oxygen atoms in total. The van der Waals surface area contributed by atoms with E-state index >= 15 is 0 Å². The Morgan fingerprint density at radius 1 is 1.08 bits per heavy atom. The van der Waals surface area contributed by atoms with E-state index in [-0.39, 0.29) is 6.10 Å². The number of aromatic nitrogens is 4. The SMILES string of the molecule is CCCCCCC(Cn1cnc2cncnc21)OCc1ccccc1. The Morgan fingerprint density at radius 2 is 1.96 bits per heavy atom. The highest BCUT2D eigenvalue weighted by molar-refractivity contribution is 5.68. The van der Waals surface area contributed by atoms with Gasteiger partial charge in [0.2, 0.25) is 0 Å². The van der Waals surface area contributed by atoms with E-state index in [1.165, 1.54) is 31.2 Å². The molecule has 3 rings (SSSR count). The lowest BCUT2D eigenvalue weighted by molar-refractivity contribution is 0.0227. The molecule has 0 aliphatic heterocycles.